The van der Waals surface area contributed by atoms with Crippen LogP contribution in [0.5, 0.6) is 17.2 Å². The highest BCUT2D eigenvalue weighted by atomic mass is 16.6. The number of rotatable bonds is 8. The molecule has 0 aliphatic rings. The first-order valence-electron chi connectivity index (χ1n) is 9.23. The fraction of sp³-hybridized carbons (Fsp3) is 0.500. The van der Waals surface area contributed by atoms with Gasteiger partial charge < -0.3 is 24.1 Å². The van der Waals surface area contributed by atoms with Crippen LogP contribution in [0, 0.1) is 5.92 Å². The number of methoxy groups -OCH3 is 2. The third-order valence-electron chi connectivity index (χ3n) is 4.79. The van der Waals surface area contributed by atoms with E-state index < -0.39 is 6.09 Å². The van der Waals surface area contributed by atoms with Crippen LogP contribution in [0.15, 0.2) is 23.1 Å². The van der Waals surface area contributed by atoms with Crippen molar-refractivity contribution in [3.05, 3.63) is 28.7 Å². The van der Waals surface area contributed by atoms with Crippen molar-refractivity contribution in [1.29, 1.82) is 0 Å². The Morgan fingerprint density at radius 2 is 1.63 bits per heavy atom. The van der Waals surface area contributed by atoms with Crippen LogP contribution in [0.2, 0.25) is 0 Å². The molecule has 2 rings (SSSR count). The number of carbonyl (C=O) groups excluding carboxylic acids is 1. The van der Waals surface area contributed by atoms with Gasteiger partial charge in [0, 0.05) is 18.5 Å². The second-order valence-electron chi connectivity index (χ2n) is 6.29. The molecule has 1 heterocycles. The van der Waals surface area contributed by atoms with Crippen molar-refractivity contribution in [2.75, 3.05) is 20.8 Å². The number of aryl methyl sites for hydroxylation is 1. The van der Waals surface area contributed by atoms with Gasteiger partial charge in [0.2, 0.25) is 0 Å². The standard InChI is InChI=1S/C20H28N2O5/c1-6-13(7-2)11-21-20(24)27-18-12-22(8-3)19(23)15-10-17(26-5)16(25-4)9-14(15)18/h9-10,12-13H,6-8,11H2,1-5H3,(H,21,24). The number of hydrogen-bond donors (Lipinski definition) is 1. The van der Waals surface area contributed by atoms with E-state index in [1.165, 1.54) is 18.8 Å². The largest absolute Gasteiger partial charge is 0.493 e. The zero-order valence-electron chi connectivity index (χ0n) is 16.6. The number of aromatic nitrogens is 1. The fourth-order valence-corrected chi connectivity index (χ4v) is 2.94. The SMILES string of the molecule is CCC(CC)CNC(=O)Oc1cn(CC)c(=O)c2cc(OC)c(OC)cc12. The number of benzene rings is 1. The van der Waals surface area contributed by atoms with Crippen LogP contribution in [-0.2, 0) is 6.54 Å². The van der Waals surface area contributed by atoms with Gasteiger partial charge in [0.15, 0.2) is 17.2 Å². The molecule has 1 aromatic heterocycles. The molecular weight excluding hydrogens is 348 g/mol. The number of nitrogens with zero attached hydrogens (tertiary/aromatic N) is 1. The lowest BCUT2D eigenvalue weighted by Gasteiger charge is -2.16. The Bertz CT molecular complexity index is 856. The Hall–Kier alpha value is -2.70. The highest BCUT2D eigenvalue weighted by molar-refractivity contribution is 5.92. The topological polar surface area (TPSA) is 78.8 Å². The van der Waals surface area contributed by atoms with E-state index in [4.69, 9.17) is 14.2 Å². The average Bonchev–Trinajstić information content (AvgIpc) is 2.69. The zero-order valence-corrected chi connectivity index (χ0v) is 16.6. The lowest BCUT2D eigenvalue weighted by molar-refractivity contribution is 0.198. The summed E-state index contributed by atoms with van der Waals surface area (Å²) in [6, 6.07) is 3.26. The normalized spacial score (nSPS) is 10.9. The molecule has 7 nitrogen and oxygen atoms in total. The van der Waals surface area contributed by atoms with Crippen molar-refractivity contribution >= 4 is 16.9 Å². The molecule has 1 amide bonds. The smallest absolute Gasteiger partial charge is 0.412 e. The van der Waals surface area contributed by atoms with Gasteiger partial charge in [-0.05, 0) is 25.0 Å². The quantitative estimate of drug-likeness (QED) is 0.762. The molecular formula is C20H28N2O5. The number of hydrogen-bond acceptors (Lipinski definition) is 5. The zero-order chi connectivity index (χ0) is 20.0. The predicted octanol–water partition coefficient (Wildman–Crippen LogP) is 3.56. The molecule has 0 fully saturated rings. The van der Waals surface area contributed by atoms with Crippen LogP contribution in [0.1, 0.15) is 33.6 Å². The summed E-state index contributed by atoms with van der Waals surface area (Å²) < 4.78 is 17.6. The summed E-state index contributed by atoms with van der Waals surface area (Å²) in [7, 11) is 3.02. The molecule has 148 valence electrons. The van der Waals surface area contributed by atoms with Crippen LogP contribution in [0.4, 0.5) is 4.79 Å². The van der Waals surface area contributed by atoms with Gasteiger partial charge >= 0.3 is 6.09 Å². The van der Waals surface area contributed by atoms with Crippen LogP contribution >= 0.6 is 0 Å². The molecule has 0 atom stereocenters. The minimum Gasteiger partial charge on any atom is -0.493 e. The van der Waals surface area contributed by atoms with Gasteiger partial charge in [-0.1, -0.05) is 26.7 Å². The van der Waals surface area contributed by atoms with Gasteiger partial charge in [-0.2, -0.15) is 0 Å². The predicted molar refractivity (Wildman–Crippen MR) is 105 cm³/mol. The van der Waals surface area contributed by atoms with Crippen LogP contribution < -0.4 is 25.1 Å². The molecule has 1 N–H and O–H groups in total. The van der Waals surface area contributed by atoms with E-state index >= 15 is 0 Å². The number of fused-ring (bicyclic) bond motifs is 1. The maximum absolute atomic E-state index is 12.7. The molecule has 0 aliphatic heterocycles. The molecule has 2 aromatic rings. The Morgan fingerprint density at radius 1 is 1.04 bits per heavy atom. The third-order valence-corrected chi connectivity index (χ3v) is 4.79. The molecule has 0 bridgehead atoms. The summed E-state index contributed by atoms with van der Waals surface area (Å²) in [4.78, 5) is 24.9. The molecule has 27 heavy (non-hydrogen) atoms. The summed E-state index contributed by atoms with van der Waals surface area (Å²) in [5.41, 5.74) is -0.182. The van der Waals surface area contributed by atoms with Gasteiger partial charge in [-0.3, -0.25) is 4.79 Å². The minimum absolute atomic E-state index is 0.182. The summed E-state index contributed by atoms with van der Waals surface area (Å²) >= 11 is 0. The summed E-state index contributed by atoms with van der Waals surface area (Å²) in [6.07, 6.45) is 2.97. The van der Waals surface area contributed by atoms with Crippen molar-refractivity contribution in [3.8, 4) is 17.2 Å². The number of amides is 1. The molecule has 0 saturated carbocycles. The van der Waals surface area contributed by atoms with Crippen molar-refractivity contribution in [3.63, 3.8) is 0 Å². The van der Waals surface area contributed by atoms with Crippen molar-refractivity contribution in [2.45, 2.75) is 40.2 Å². The van der Waals surface area contributed by atoms with Crippen molar-refractivity contribution < 1.29 is 19.0 Å². The summed E-state index contributed by atoms with van der Waals surface area (Å²) in [6.45, 7) is 7.03. The summed E-state index contributed by atoms with van der Waals surface area (Å²) in [5, 5.41) is 3.70. The fourth-order valence-electron chi connectivity index (χ4n) is 2.94. The van der Waals surface area contributed by atoms with Gasteiger partial charge in [0.25, 0.3) is 5.56 Å². The van der Waals surface area contributed by atoms with Crippen LogP contribution in [0.3, 0.4) is 0 Å². The first-order valence-corrected chi connectivity index (χ1v) is 9.23. The van der Waals surface area contributed by atoms with Crippen molar-refractivity contribution in [1.82, 2.24) is 9.88 Å². The Morgan fingerprint density at radius 3 is 2.15 bits per heavy atom. The molecule has 0 spiro atoms. The first-order chi connectivity index (χ1) is 13.0. The lowest BCUT2D eigenvalue weighted by Crippen LogP contribution is -2.32. The van der Waals surface area contributed by atoms with Crippen LogP contribution in [0.25, 0.3) is 10.8 Å². The first kappa shape index (κ1) is 20.6. The van der Waals surface area contributed by atoms with E-state index in [2.05, 4.69) is 19.2 Å². The van der Waals surface area contributed by atoms with Crippen molar-refractivity contribution in [2.24, 2.45) is 5.92 Å². The van der Waals surface area contributed by atoms with E-state index in [1.54, 1.807) is 18.3 Å². The number of pyridine rings is 1. The molecule has 0 aliphatic carbocycles. The molecule has 0 unspecified atom stereocenters. The monoisotopic (exact) mass is 376 g/mol. The molecule has 0 saturated heterocycles. The maximum Gasteiger partial charge on any atom is 0.412 e. The summed E-state index contributed by atoms with van der Waals surface area (Å²) in [5.74, 6) is 1.61. The Kier molecular flexibility index (Phi) is 7.10. The van der Waals surface area contributed by atoms with Gasteiger partial charge in [0.1, 0.15) is 0 Å². The molecule has 7 heteroatoms. The van der Waals surface area contributed by atoms with Crippen LogP contribution in [-0.4, -0.2) is 31.4 Å². The number of carbonyl (C=O) groups is 1. The van der Waals surface area contributed by atoms with E-state index in [-0.39, 0.29) is 5.56 Å². The highest BCUT2D eigenvalue weighted by Gasteiger charge is 2.17. The Balaban J connectivity index is 2.44. The van der Waals surface area contributed by atoms with Gasteiger partial charge in [-0.25, -0.2) is 4.79 Å². The van der Waals surface area contributed by atoms with E-state index in [0.717, 1.165) is 12.8 Å². The second kappa shape index (κ2) is 9.30. The van der Waals surface area contributed by atoms with Gasteiger partial charge in [0.05, 0.1) is 25.8 Å². The van der Waals surface area contributed by atoms with Gasteiger partial charge in [-0.15, -0.1) is 0 Å². The second-order valence-corrected chi connectivity index (χ2v) is 6.29. The minimum atomic E-state index is -0.542. The van der Waals surface area contributed by atoms with E-state index in [9.17, 15) is 9.59 Å². The maximum atomic E-state index is 12.7. The Labute approximate surface area is 159 Å². The number of ether oxygens (including phenoxy) is 3. The molecule has 0 radical (unpaired) electrons. The lowest BCUT2D eigenvalue weighted by atomic mass is 10.0. The van der Waals surface area contributed by atoms with E-state index in [1.807, 2.05) is 6.92 Å². The highest BCUT2D eigenvalue weighted by Crippen LogP contribution is 2.34. The molecule has 1 aromatic carbocycles. The average molecular weight is 376 g/mol. The number of nitrogens with one attached hydrogen (secondary N) is 1. The third kappa shape index (κ3) is 4.53. The van der Waals surface area contributed by atoms with E-state index in [0.29, 0.717) is 47.0 Å².